The second kappa shape index (κ2) is 10.3. The molecule has 0 saturated carbocycles. The molecule has 2 bridgehead atoms. The first-order valence-corrected chi connectivity index (χ1v) is 11.3. The highest BCUT2D eigenvalue weighted by Gasteiger charge is 2.44. The number of halogens is 2. The smallest absolute Gasteiger partial charge is 0.322 e. The van der Waals surface area contributed by atoms with E-state index in [1.165, 1.54) is 30.3 Å². The van der Waals surface area contributed by atoms with Gasteiger partial charge < -0.3 is 24.8 Å². The van der Waals surface area contributed by atoms with E-state index >= 15 is 0 Å². The molecule has 2 unspecified atom stereocenters. The Morgan fingerprint density at radius 2 is 1.76 bits per heavy atom. The van der Waals surface area contributed by atoms with Gasteiger partial charge in [-0.25, -0.2) is 4.39 Å². The third-order valence-corrected chi connectivity index (χ3v) is 6.27. The van der Waals surface area contributed by atoms with E-state index in [0.29, 0.717) is 18.6 Å². The molecule has 34 heavy (non-hydrogen) atoms. The number of rotatable bonds is 8. The first-order chi connectivity index (χ1) is 16.3. The molecule has 2 heterocycles. The number of nitrogens with one attached hydrogen (secondary N) is 1. The molecule has 2 amide bonds. The molecule has 0 aliphatic carbocycles. The molecule has 180 valence electrons. The van der Waals surface area contributed by atoms with Gasteiger partial charge in [-0.15, -0.1) is 0 Å². The predicted molar refractivity (Wildman–Crippen MR) is 121 cm³/mol. The van der Waals surface area contributed by atoms with Crippen molar-refractivity contribution in [3.05, 3.63) is 58.9 Å². The number of fused-ring (bicyclic) bond motifs is 2. The summed E-state index contributed by atoms with van der Waals surface area (Å²) in [6.45, 7) is -0.820. The lowest BCUT2D eigenvalue weighted by Gasteiger charge is -2.38. The summed E-state index contributed by atoms with van der Waals surface area (Å²) in [5, 5.41) is 11.3. The lowest BCUT2D eigenvalue weighted by molar-refractivity contribution is -0.139. The number of ether oxygens (including phenoxy) is 2. The summed E-state index contributed by atoms with van der Waals surface area (Å²) in [4.78, 5) is 37.9. The van der Waals surface area contributed by atoms with Crippen LogP contribution in [0, 0.1) is 5.82 Å². The van der Waals surface area contributed by atoms with Gasteiger partial charge in [0.1, 0.15) is 30.0 Å². The van der Waals surface area contributed by atoms with Crippen LogP contribution >= 0.6 is 11.6 Å². The summed E-state index contributed by atoms with van der Waals surface area (Å²) in [6.07, 6.45) is 3.01. The SMILES string of the molecule is O=C(O)CNC(=O)c1cc(Cl)ccc1OCC(=O)N1C2CCC1CC(Oc1ccc(F)cc1)C2. The molecule has 2 fully saturated rings. The molecule has 2 aromatic rings. The molecule has 10 heteroatoms. The average Bonchev–Trinajstić information content (AvgIpc) is 3.08. The topological polar surface area (TPSA) is 105 Å². The molecule has 8 nitrogen and oxygen atoms in total. The maximum Gasteiger partial charge on any atom is 0.322 e. The van der Waals surface area contributed by atoms with Crippen molar-refractivity contribution in [3.63, 3.8) is 0 Å². The van der Waals surface area contributed by atoms with Gasteiger partial charge in [-0.1, -0.05) is 11.6 Å². The van der Waals surface area contributed by atoms with Gasteiger partial charge in [0.05, 0.1) is 5.56 Å². The van der Waals surface area contributed by atoms with Crippen LogP contribution in [-0.2, 0) is 9.59 Å². The Hall–Kier alpha value is -3.33. The molecule has 2 aliphatic heterocycles. The minimum atomic E-state index is -1.18. The highest BCUT2D eigenvalue weighted by molar-refractivity contribution is 6.31. The number of carbonyl (C=O) groups excluding carboxylic acids is 2. The van der Waals surface area contributed by atoms with Crippen LogP contribution in [0.15, 0.2) is 42.5 Å². The standard InChI is InChI=1S/C24H24ClFN2O6/c25-14-1-8-21(20(9-14)24(32)27-12-23(30)31)33-13-22(29)28-16-4-5-17(28)11-19(10-16)34-18-6-2-15(26)3-7-18/h1-3,6-9,16-17,19H,4-5,10-13H2,(H,27,32)(H,30,31). The molecule has 0 aromatic heterocycles. The normalized spacial score (nSPS) is 21.1. The molecule has 2 N–H and O–H groups in total. The molecule has 2 saturated heterocycles. The maximum atomic E-state index is 13.1. The predicted octanol–water partition coefficient (Wildman–Crippen LogP) is 3.27. The van der Waals surface area contributed by atoms with Crippen LogP contribution in [0.5, 0.6) is 11.5 Å². The summed E-state index contributed by atoms with van der Waals surface area (Å²) in [7, 11) is 0. The number of piperidine rings is 1. The average molecular weight is 491 g/mol. The van der Waals surface area contributed by atoms with E-state index < -0.39 is 18.4 Å². The fraction of sp³-hybridized carbons (Fsp3) is 0.375. The largest absolute Gasteiger partial charge is 0.490 e. The minimum absolute atomic E-state index is 0.0175. The highest BCUT2D eigenvalue weighted by Crippen LogP contribution is 2.37. The second-order valence-electron chi connectivity index (χ2n) is 8.36. The van der Waals surface area contributed by atoms with E-state index in [4.69, 9.17) is 26.2 Å². The van der Waals surface area contributed by atoms with Gasteiger partial charge >= 0.3 is 5.97 Å². The lowest BCUT2D eigenvalue weighted by atomic mass is 9.99. The quantitative estimate of drug-likeness (QED) is 0.588. The van der Waals surface area contributed by atoms with E-state index in [9.17, 15) is 18.8 Å². The second-order valence-corrected chi connectivity index (χ2v) is 8.79. The van der Waals surface area contributed by atoms with Crippen LogP contribution < -0.4 is 14.8 Å². The summed E-state index contributed by atoms with van der Waals surface area (Å²) >= 11 is 5.98. The number of carboxylic acid groups (broad SMARTS) is 1. The first kappa shape index (κ1) is 23.8. The van der Waals surface area contributed by atoms with Gasteiger partial charge in [0.2, 0.25) is 0 Å². The zero-order valence-electron chi connectivity index (χ0n) is 18.2. The van der Waals surface area contributed by atoms with Crippen molar-refractivity contribution in [1.82, 2.24) is 10.2 Å². The van der Waals surface area contributed by atoms with Crippen LogP contribution in [0.1, 0.15) is 36.0 Å². The van der Waals surface area contributed by atoms with Gasteiger partial charge in [-0.3, -0.25) is 14.4 Å². The number of aliphatic carboxylic acids is 1. The van der Waals surface area contributed by atoms with Crippen molar-refractivity contribution in [2.45, 2.75) is 43.9 Å². The molecule has 2 atom stereocenters. The van der Waals surface area contributed by atoms with Crippen molar-refractivity contribution in [3.8, 4) is 11.5 Å². The number of benzene rings is 2. The number of hydrogen-bond donors (Lipinski definition) is 2. The number of nitrogens with zero attached hydrogens (tertiary/aromatic N) is 1. The molecular formula is C24H24ClFN2O6. The number of hydrogen-bond acceptors (Lipinski definition) is 5. The summed E-state index contributed by atoms with van der Waals surface area (Å²) in [5.41, 5.74) is 0.0518. The fourth-order valence-corrected chi connectivity index (χ4v) is 4.78. The molecule has 4 rings (SSSR count). The third kappa shape index (κ3) is 5.59. The Balaban J connectivity index is 1.36. The monoisotopic (exact) mass is 490 g/mol. The summed E-state index contributed by atoms with van der Waals surface area (Å²) in [6, 6.07) is 10.3. The van der Waals surface area contributed by atoms with Crippen LogP contribution in [-0.4, -0.2) is 59.1 Å². The van der Waals surface area contributed by atoms with Crippen molar-refractivity contribution in [1.29, 1.82) is 0 Å². The summed E-state index contributed by atoms with van der Waals surface area (Å²) < 4.78 is 24.8. The maximum absolute atomic E-state index is 13.1. The van der Waals surface area contributed by atoms with Crippen molar-refractivity contribution in [2.75, 3.05) is 13.2 Å². The van der Waals surface area contributed by atoms with Gasteiger partial charge in [0, 0.05) is 29.9 Å². The lowest BCUT2D eigenvalue weighted by Crippen LogP contribution is -2.50. The van der Waals surface area contributed by atoms with Crippen LogP contribution in [0.2, 0.25) is 5.02 Å². The summed E-state index contributed by atoms with van der Waals surface area (Å²) in [5.74, 6) is -1.62. The van der Waals surface area contributed by atoms with E-state index in [-0.39, 0.29) is 52.9 Å². The Labute approximate surface area is 200 Å². The van der Waals surface area contributed by atoms with Crippen LogP contribution in [0.25, 0.3) is 0 Å². The van der Waals surface area contributed by atoms with Gasteiger partial charge in [0.25, 0.3) is 11.8 Å². The molecular weight excluding hydrogens is 467 g/mol. The van der Waals surface area contributed by atoms with Gasteiger partial charge in [-0.2, -0.15) is 0 Å². The Morgan fingerprint density at radius 3 is 2.41 bits per heavy atom. The van der Waals surface area contributed by atoms with Crippen molar-refractivity contribution in [2.24, 2.45) is 0 Å². The Bertz CT molecular complexity index is 1070. The zero-order valence-corrected chi connectivity index (χ0v) is 19.0. The third-order valence-electron chi connectivity index (χ3n) is 6.03. The zero-order chi connectivity index (χ0) is 24.2. The number of carboxylic acids is 1. The van der Waals surface area contributed by atoms with E-state index in [1.54, 1.807) is 12.1 Å². The number of carbonyl (C=O) groups is 3. The van der Waals surface area contributed by atoms with E-state index in [1.807, 2.05) is 4.90 Å². The highest BCUT2D eigenvalue weighted by atomic mass is 35.5. The molecule has 0 spiro atoms. The van der Waals surface area contributed by atoms with Crippen LogP contribution in [0.3, 0.4) is 0 Å². The van der Waals surface area contributed by atoms with Crippen molar-refractivity contribution < 1.29 is 33.4 Å². The van der Waals surface area contributed by atoms with Crippen LogP contribution in [0.4, 0.5) is 4.39 Å². The Morgan fingerprint density at radius 1 is 1.09 bits per heavy atom. The van der Waals surface area contributed by atoms with Gasteiger partial charge in [0.15, 0.2) is 6.61 Å². The Kier molecular flexibility index (Phi) is 7.21. The number of amides is 2. The van der Waals surface area contributed by atoms with E-state index in [0.717, 1.165) is 12.8 Å². The first-order valence-electron chi connectivity index (χ1n) is 11.0. The van der Waals surface area contributed by atoms with E-state index in [2.05, 4.69) is 5.32 Å². The fourth-order valence-electron chi connectivity index (χ4n) is 4.61. The van der Waals surface area contributed by atoms with Gasteiger partial charge in [-0.05, 0) is 55.3 Å². The molecule has 0 radical (unpaired) electrons. The van der Waals surface area contributed by atoms with Crippen molar-refractivity contribution >= 4 is 29.4 Å². The molecule has 2 aliphatic rings. The minimum Gasteiger partial charge on any atom is -0.490 e. The molecule has 2 aromatic carbocycles.